The molecule has 1 aliphatic rings. The standard InChI is InChI=1S/C16H20O2/c1-12(2)13-8-4-5-9-14(13)15(17)16(18)10-6-3-7-11-16/h4-5,8-9,18H,1,3,6-7,10-11H2,2H3. The Hall–Kier alpha value is -1.41. The number of ketones is 1. The monoisotopic (exact) mass is 244 g/mol. The van der Waals surface area contributed by atoms with Gasteiger partial charge in [0.2, 0.25) is 0 Å². The van der Waals surface area contributed by atoms with E-state index < -0.39 is 5.60 Å². The van der Waals surface area contributed by atoms with Gasteiger partial charge >= 0.3 is 0 Å². The molecule has 0 aliphatic heterocycles. The van der Waals surface area contributed by atoms with Crippen LogP contribution in [-0.4, -0.2) is 16.5 Å². The first-order chi connectivity index (χ1) is 8.54. The number of hydrogen-bond donors (Lipinski definition) is 1. The van der Waals surface area contributed by atoms with Crippen molar-refractivity contribution in [2.75, 3.05) is 0 Å². The van der Waals surface area contributed by atoms with Crippen LogP contribution in [0.25, 0.3) is 5.57 Å². The minimum atomic E-state index is -1.16. The van der Waals surface area contributed by atoms with E-state index in [0.29, 0.717) is 18.4 Å². The van der Waals surface area contributed by atoms with Crippen LogP contribution in [0.15, 0.2) is 30.8 Å². The summed E-state index contributed by atoms with van der Waals surface area (Å²) in [5.74, 6) is -0.138. The fraction of sp³-hybridized carbons (Fsp3) is 0.438. The highest BCUT2D eigenvalue weighted by Crippen LogP contribution is 2.32. The van der Waals surface area contributed by atoms with Gasteiger partial charge in [0.25, 0.3) is 0 Å². The molecule has 0 bridgehead atoms. The van der Waals surface area contributed by atoms with E-state index in [4.69, 9.17) is 0 Å². The molecule has 0 spiro atoms. The lowest BCUT2D eigenvalue weighted by molar-refractivity contribution is 0.0116. The Labute approximate surface area is 108 Å². The number of hydrogen-bond acceptors (Lipinski definition) is 2. The number of Topliss-reactive ketones (excluding diaryl/α,β-unsaturated/α-hetero) is 1. The summed E-state index contributed by atoms with van der Waals surface area (Å²) in [6.07, 6.45) is 4.12. The van der Waals surface area contributed by atoms with Gasteiger partial charge in [-0.2, -0.15) is 0 Å². The van der Waals surface area contributed by atoms with Gasteiger partial charge in [0.1, 0.15) is 5.60 Å². The van der Waals surface area contributed by atoms with E-state index in [1.165, 1.54) is 0 Å². The fourth-order valence-corrected chi connectivity index (χ4v) is 2.67. The molecule has 1 fully saturated rings. The normalized spacial score (nSPS) is 18.3. The predicted octanol–water partition coefficient (Wildman–Crippen LogP) is 3.60. The molecule has 2 heteroatoms. The van der Waals surface area contributed by atoms with Crippen molar-refractivity contribution in [3.63, 3.8) is 0 Å². The average Bonchev–Trinajstić information content (AvgIpc) is 2.38. The van der Waals surface area contributed by atoms with Gasteiger partial charge in [-0.3, -0.25) is 4.79 Å². The van der Waals surface area contributed by atoms with Crippen molar-refractivity contribution in [2.45, 2.75) is 44.6 Å². The first-order valence-electron chi connectivity index (χ1n) is 6.57. The third-order valence-corrected chi connectivity index (χ3v) is 3.73. The van der Waals surface area contributed by atoms with E-state index in [0.717, 1.165) is 30.4 Å². The predicted molar refractivity (Wildman–Crippen MR) is 73.5 cm³/mol. The number of allylic oxidation sites excluding steroid dienone is 1. The number of carbonyl (C=O) groups excluding carboxylic acids is 1. The second-order valence-corrected chi connectivity index (χ2v) is 5.25. The summed E-state index contributed by atoms with van der Waals surface area (Å²) in [6, 6.07) is 7.41. The molecule has 1 N–H and O–H groups in total. The van der Waals surface area contributed by atoms with Crippen LogP contribution in [-0.2, 0) is 0 Å². The number of rotatable bonds is 3. The summed E-state index contributed by atoms with van der Waals surface area (Å²) in [7, 11) is 0. The van der Waals surface area contributed by atoms with Crippen molar-refractivity contribution >= 4 is 11.4 Å². The quantitative estimate of drug-likeness (QED) is 0.825. The molecule has 1 aromatic rings. The van der Waals surface area contributed by atoms with Crippen LogP contribution in [0.1, 0.15) is 54.9 Å². The molecule has 18 heavy (non-hydrogen) atoms. The fourth-order valence-electron chi connectivity index (χ4n) is 2.67. The zero-order valence-corrected chi connectivity index (χ0v) is 10.9. The SMILES string of the molecule is C=C(C)c1ccccc1C(=O)C1(O)CCCCC1. The second-order valence-electron chi connectivity index (χ2n) is 5.25. The summed E-state index contributed by atoms with van der Waals surface area (Å²) in [6.45, 7) is 5.79. The summed E-state index contributed by atoms with van der Waals surface area (Å²) in [4.78, 5) is 12.6. The van der Waals surface area contributed by atoms with Crippen LogP contribution < -0.4 is 0 Å². The molecular weight excluding hydrogens is 224 g/mol. The molecule has 0 unspecified atom stereocenters. The van der Waals surface area contributed by atoms with Crippen molar-refractivity contribution < 1.29 is 9.90 Å². The molecule has 0 saturated heterocycles. The summed E-state index contributed by atoms with van der Waals surface area (Å²) < 4.78 is 0. The third-order valence-electron chi connectivity index (χ3n) is 3.73. The molecular formula is C16H20O2. The molecule has 0 aromatic heterocycles. The minimum absolute atomic E-state index is 0.138. The van der Waals surface area contributed by atoms with Crippen molar-refractivity contribution in [3.05, 3.63) is 42.0 Å². The van der Waals surface area contributed by atoms with Gasteiger partial charge in [-0.25, -0.2) is 0 Å². The van der Waals surface area contributed by atoms with Gasteiger partial charge in [0.15, 0.2) is 5.78 Å². The summed E-state index contributed by atoms with van der Waals surface area (Å²) in [5, 5.41) is 10.5. The molecule has 96 valence electrons. The van der Waals surface area contributed by atoms with E-state index in [-0.39, 0.29) is 5.78 Å². The highest BCUT2D eigenvalue weighted by atomic mass is 16.3. The molecule has 0 radical (unpaired) electrons. The van der Waals surface area contributed by atoms with E-state index in [2.05, 4.69) is 6.58 Å². The van der Waals surface area contributed by atoms with Gasteiger partial charge in [-0.05, 0) is 25.3 Å². The van der Waals surface area contributed by atoms with Crippen molar-refractivity contribution in [1.29, 1.82) is 0 Å². The van der Waals surface area contributed by atoms with Gasteiger partial charge < -0.3 is 5.11 Å². The minimum Gasteiger partial charge on any atom is -0.382 e. The van der Waals surface area contributed by atoms with Gasteiger partial charge in [-0.15, -0.1) is 0 Å². The maximum Gasteiger partial charge on any atom is 0.194 e. The van der Waals surface area contributed by atoms with Crippen molar-refractivity contribution in [2.24, 2.45) is 0 Å². The Balaban J connectivity index is 2.36. The third kappa shape index (κ3) is 2.39. The maximum absolute atomic E-state index is 12.6. The van der Waals surface area contributed by atoms with Crippen LogP contribution in [0.5, 0.6) is 0 Å². The Morgan fingerprint density at radius 2 is 1.72 bits per heavy atom. The van der Waals surface area contributed by atoms with E-state index in [1.54, 1.807) is 6.07 Å². The molecule has 0 atom stereocenters. The highest BCUT2D eigenvalue weighted by molar-refractivity contribution is 6.05. The van der Waals surface area contributed by atoms with E-state index in [1.807, 2.05) is 25.1 Å². The van der Waals surface area contributed by atoms with Crippen LogP contribution in [0, 0.1) is 0 Å². The topological polar surface area (TPSA) is 37.3 Å². The highest BCUT2D eigenvalue weighted by Gasteiger charge is 2.38. The lowest BCUT2D eigenvalue weighted by Crippen LogP contribution is -2.40. The lowest BCUT2D eigenvalue weighted by atomic mass is 9.78. The van der Waals surface area contributed by atoms with Crippen LogP contribution in [0.3, 0.4) is 0 Å². The zero-order chi connectivity index (χ0) is 13.2. The Kier molecular flexibility index (Phi) is 3.67. The molecule has 2 nitrogen and oxygen atoms in total. The van der Waals surface area contributed by atoms with Gasteiger partial charge in [-0.1, -0.05) is 55.7 Å². The Morgan fingerprint density at radius 1 is 1.17 bits per heavy atom. The second kappa shape index (κ2) is 5.07. The maximum atomic E-state index is 12.6. The first-order valence-corrected chi connectivity index (χ1v) is 6.57. The number of aliphatic hydroxyl groups is 1. The lowest BCUT2D eigenvalue weighted by Gasteiger charge is -2.31. The Bertz CT molecular complexity index is 468. The van der Waals surface area contributed by atoms with Crippen molar-refractivity contribution in [3.8, 4) is 0 Å². The summed E-state index contributed by atoms with van der Waals surface area (Å²) in [5.41, 5.74) is 1.15. The Morgan fingerprint density at radius 3 is 2.28 bits per heavy atom. The van der Waals surface area contributed by atoms with Crippen LogP contribution in [0.4, 0.5) is 0 Å². The van der Waals surface area contributed by atoms with E-state index in [9.17, 15) is 9.90 Å². The van der Waals surface area contributed by atoms with Gasteiger partial charge in [0.05, 0.1) is 0 Å². The van der Waals surface area contributed by atoms with Crippen molar-refractivity contribution in [1.82, 2.24) is 0 Å². The van der Waals surface area contributed by atoms with E-state index >= 15 is 0 Å². The molecule has 1 aromatic carbocycles. The summed E-state index contributed by atoms with van der Waals surface area (Å²) >= 11 is 0. The van der Waals surface area contributed by atoms with Crippen LogP contribution in [0.2, 0.25) is 0 Å². The molecule has 1 saturated carbocycles. The molecule has 0 amide bonds. The average molecular weight is 244 g/mol. The number of benzene rings is 1. The van der Waals surface area contributed by atoms with Gasteiger partial charge in [0, 0.05) is 5.56 Å². The molecule has 2 rings (SSSR count). The molecule has 0 heterocycles. The largest absolute Gasteiger partial charge is 0.382 e. The zero-order valence-electron chi connectivity index (χ0n) is 10.9. The molecule has 1 aliphatic carbocycles. The van der Waals surface area contributed by atoms with Crippen LogP contribution >= 0.6 is 0 Å². The first kappa shape index (κ1) is 13.0. The number of carbonyl (C=O) groups is 1. The smallest absolute Gasteiger partial charge is 0.194 e.